The molecule has 10 heteroatoms. The van der Waals surface area contributed by atoms with Crippen molar-refractivity contribution in [3.8, 4) is 0 Å². The van der Waals surface area contributed by atoms with Gasteiger partial charge in [0, 0.05) is 25.7 Å². The molecule has 1 aromatic carbocycles. The fraction of sp³-hybridized carbons (Fsp3) is 0.538. The molecule has 0 spiro atoms. The van der Waals surface area contributed by atoms with Crippen molar-refractivity contribution in [3.05, 3.63) is 28.3 Å². The Hall–Kier alpha value is -1.78. The highest BCUT2D eigenvalue weighted by Crippen LogP contribution is 2.30. The van der Waals surface area contributed by atoms with Crippen LogP contribution in [0, 0.1) is 10.1 Å². The molecule has 0 unspecified atom stereocenters. The molecule has 0 aromatic heterocycles. The monoisotopic (exact) mass is 346 g/mol. The smallest absolute Gasteiger partial charge is 0.293 e. The largest absolute Gasteiger partial charge is 0.376 e. The minimum atomic E-state index is -4.04. The Balaban J connectivity index is 2.18. The average Bonchev–Trinajstić information content (AvgIpc) is 2.47. The van der Waals surface area contributed by atoms with Crippen LogP contribution in [0.4, 0.5) is 15.8 Å². The lowest BCUT2D eigenvalue weighted by atomic mass is 9.93. The molecule has 8 nitrogen and oxygen atoms in total. The molecule has 0 atom stereocenters. The Kier molecular flexibility index (Phi) is 4.87. The fourth-order valence-electron chi connectivity index (χ4n) is 2.44. The summed E-state index contributed by atoms with van der Waals surface area (Å²) in [6.07, 6.45) is 0.666. The van der Waals surface area contributed by atoms with E-state index in [2.05, 4.69) is 5.32 Å². The SMILES string of the molecule is CN1CCC(F)(CNc2ccc(S(N)(=O)=O)cc2[N+](=O)[O-])CC1. The Morgan fingerprint density at radius 2 is 2.04 bits per heavy atom. The number of likely N-dealkylation sites (tertiary alicyclic amines) is 1. The first-order chi connectivity index (χ1) is 10.6. The van der Waals surface area contributed by atoms with Gasteiger partial charge in [-0.05, 0) is 32.0 Å². The van der Waals surface area contributed by atoms with E-state index >= 15 is 0 Å². The molecular weight excluding hydrogens is 327 g/mol. The third-order valence-corrected chi connectivity index (χ3v) is 4.88. The molecule has 0 radical (unpaired) electrons. The second-order valence-corrected chi connectivity index (χ2v) is 7.35. The van der Waals surface area contributed by atoms with Gasteiger partial charge in [-0.3, -0.25) is 10.1 Å². The molecule has 1 heterocycles. The van der Waals surface area contributed by atoms with Crippen LogP contribution in [0.3, 0.4) is 0 Å². The van der Waals surface area contributed by atoms with Gasteiger partial charge in [0.15, 0.2) is 0 Å². The van der Waals surface area contributed by atoms with E-state index in [4.69, 9.17) is 5.14 Å². The van der Waals surface area contributed by atoms with Crippen molar-refractivity contribution in [2.45, 2.75) is 23.4 Å². The van der Waals surface area contributed by atoms with Crippen LogP contribution >= 0.6 is 0 Å². The molecule has 3 N–H and O–H groups in total. The number of nitro benzene ring substituents is 1. The van der Waals surface area contributed by atoms with Crippen LogP contribution in [-0.4, -0.2) is 50.6 Å². The second-order valence-electron chi connectivity index (χ2n) is 5.79. The molecule has 1 aliphatic heterocycles. The number of nitrogens with two attached hydrogens (primary N) is 1. The maximum absolute atomic E-state index is 14.7. The highest BCUT2D eigenvalue weighted by atomic mass is 32.2. The summed E-state index contributed by atoms with van der Waals surface area (Å²) in [5.41, 5.74) is -1.83. The molecule has 1 fully saturated rings. The third-order valence-electron chi connectivity index (χ3n) is 3.97. The van der Waals surface area contributed by atoms with Crippen molar-refractivity contribution in [2.24, 2.45) is 5.14 Å². The summed E-state index contributed by atoms with van der Waals surface area (Å²) in [7, 11) is -2.13. The van der Waals surface area contributed by atoms with Crippen LogP contribution in [0.1, 0.15) is 12.8 Å². The van der Waals surface area contributed by atoms with Crippen molar-refractivity contribution in [3.63, 3.8) is 0 Å². The molecule has 128 valence electrons. The van der Waals surface area contributed by atoms with Crippen LogP contribution in [0.5, 0.6) is 0 Å². The van der Waals surface area contributed by atoms with Crippen molar-refractivity contribution in [2.75, 3.05) is 32.0 Å². The lowest BCUT2D eigenvalue weighted by Gasteiger charge is -2.34. The molecule has 0 bridgehead atoms. The van der Waals surface area contributed by atoms with E-state index in [0.29, 0.717) is 25.9 Å². The van der Waals surface area contributed by atoms with E-state index < -0.39 is 26.3 Å². The molecule has 0 aliphatic carbocycles. The molecule has 2 rings (SSSR count). The number of anilines is 1. The number of sulfonamides is 1. The number of hydrogen-bond acceptors (Lipinski definition) is 6. The maximum Gasteiger partial charge on any atom is 0.293 e. The summed E-state index contributed by atoms with van der Waals surface area (Å²) in [4.78, 5) is 12.0. The first-order valence-corrected chi connectivity index (χ1v) is 8.58. The Bertz CT molecular complexity index is 702. The number of piperidine rings is 1. The molecule has 1 aromatic rings. The third kappa shape index (κ3) is 4.36. The van der Waals surface area contributed by atoms with E-state index in [9.17, 15) is 22.9 Å². The molecular formula is C13H19FN4O4S. The summed E-state index contributed by atoms with van der Waals surface area (Å²) in [5, 5.41) is 18.8. The number of primary sulfonamides is 1. The number of nitro groups is 1. The van der Waals surface area contributed by atoms with E-state index in [1.54, 1.807) is 0 Å². The predicted molar refractivity (Wildman–Crippen MR) is 83.5 cm³/mol. The zero-order chi connectivity index (χ0) is 17.3. The highest BCUT2D eigenvalue weighted by molar-refractivity contribution is 7.89. The number of nitrogens with one attached hydrogen (secondary N) is 1. The van der Waals surface area contributed by atoms with Crippen molar-refractivity contribution < 1.29 is 17.7 Å². The zero-order valence-electron chi connectivity index (χ0n) is 12.7. The zero-order valence-corrected chi connectivity index (χ0v) is 13.5. The number of halogens is 1. The van der Waals surface area contributed by atoms with Gasteiger partial charge in [-0.1, -0.05) is 0 Å². The lowest BCUT2D eigenvalue weighted by Crippen LogP contribution is -2.44. The van der Waals surface area contributed by atoms with E-state index in [0.717, 1.165) is 12.1 Å². The van der Waals surface area contributed by atoms with Gasteiger partial charge >= 0.3 is 0 Å². The summed E-state index contributed by atoms with van der Waals surface area (Å²) in [6.45, 7) is 1.16. The van der Waals surface area contributed by atoms with Gasteiger partial charge in [0.2, 0.25) is 10.0 Å². The number of nitrogens with zero attached hydrogens (tertiary/aromatic N) is 2. The van der Waals surface area contributed by atoms with E-state index in [-0.39, 0.29) is 17.1 Å². The minimum Gasteiger partial charge on any atom is -0.376 e. The average molecular weight is 346 g/mol. The van der Waals surface area contributed by atoms with E-state index in [1.807, 2.05) is 11.9 Å². The first-order valence-electron chi connectivity index (χ1n) is 7.03. The molecule has 23 heavy (non-hydrogen) atoms. The van der Waals surface area contributed by atoms with Crippen LogP contribution in [-0.2, 0) is 10.0 Å². The van der Waals surface area contributed by atoms with Gasteiger partial charge in [-0.25, -0.2) is 17.9 Å². The Labute approximate surface area is 133 Å². The van der Waals surface area contributed by atoms with Crippen LogP contribution < -0.4 is 10.5 Å². The van der Waals surface area contributed by atoms with Crippen LogP contribution in [0.15, 0.2) is 23.1 Å². The van der Waals surface area contributed by atoms with Gasteiger partial charge in [0.25, 0.3) is 5.69 Å². The Morgan fingerprint density at radius 3 is 2.57 bits per heavy atom. The summed E-state index contributed by atoms with van der Waals surface area (Å²) >= 11 is 0. The molecule has 0 amide bonds. The molecule has 0 saturated carbocycles. The second kappa shape index (κ2) is 6.38. The fourth-order valence-corrected chi connectivity index (χ4v) is 2.97. The standard InChI is InChI=1S/C13H19FN4O4S/c1-17-6-4-13(14,5-7-17)9-16-11-3-2-10(23(15,21)22)8-12(11)18(19)20/h2-3,8,16H,4-7,9H2,1H3,(H2,15,21,22). The number of benzene rings is 1. The lowest BCUT2D eigenvalue weighted by molar-refractivity contribution is -0.384. The quantitative estimate of drug-likeness (QED) is 0.608. The van der Waals surface area contributed by atoms with Gasteiger partial charge in [-0.2, -0.15) is 0 Å². The van der Waals surface area contributed by atoms with Crippen molar-refractivity contribution in [1.82, 2.24) is 4.90 Å². The topological polar surface area (TPSA) is 119 Å². The Morgan fingerprint density at radius 1 is 1.43 bits per heavy atom. The normalized spacial score (nSPS) is 18.6. The number of alkyl halides is 1. The van der Waals surface area contributed by atoms with E-state index in [1.165, 1.54) is 6.07 Å². The van der Waals surface area contributed by atoms with Gasteiger partial charge in [0.05, 0.1) is 9.82 Å². The van der Waals surface area contributed by atoms with Crippen molar-refractivity contribution in [1.29, 1.82) is 0 Å². The molecule has 1 saturated heterocycles. The van der Waals surface area contributed by atoms with Gasteiger partial charge in [0.1, 0.15) is 11.4 Å². The van der Waals surface area contributed by atoms with Crippen LogP contribution in [0.2, 0.25) is 0 Å². The highest BCUT2D eigenvalue weighted by Gasteiger charge is 2.34. The number of hydrogen-bond donors (Lipinski definition) is 2. The number of rotatable bonds is 5. The minimum absolute atomic E-state index is 0.0679. The maximum atomic E-state index is 14.7. The van der Waals surface area contributed by atoms with Crippen LogP contribution in [0.25, 0.3) is 0 Å². The molecule has 1 aliphatic rings. The summed E-state index contributed by atoms with van der Waals surface area (Å²) in [5.74, 6) is 0. The summed E-state index contributed by atoms with van der Waals surface area (Å²) < 4.78 is 37.2. The summed E-state index contributed by atoms with van der Waals surface area (Å²) in [6, 6.07) is 3.26. The van der Waals surface area contributed by atoms with Crippen molar-refractivity contribution >= 4 is 21.4 Å². The predicted octanol–water partition coefficient (Wildman–Crippen LogP) is 1.09. The first kappa shape index (κ1) is 17.6. The van der Waals surface area contributed by atoms with Gasteiger partial charge in [-0.15, -0.1) is 0 Å². The van der Waals surface area contributed by atoms with Gasteiger partial charge < -0.3 is 10.2 Å².